The van der Waals surface area contributed by atoms with Gasteiger partial charge in [-0.2, -0.15) is 0 Å². The molecule has 6 rings (SSSR count). The first-order valence-electron chi connectivity index (χ1n) is 17.7. The number of methoxy groups -OCH3 is 1. The van der Waals surface area contributed by atoms with E-state index in [1.165, 1.54) is 12.0 Å². The molecule has 4 aliphatic rings. The van der Waals surface area contributed by atoms with Crippen LogP contribution in [0.3, 0.4) is 0 Å². The van der Waals surface area contributed by atoms with Crippen molar-refractivity contribution in [1.29, 1.82) is 0 Å². The van der Waals surface area contributed by atoms with E-state index in [0.717, 1.165) is 28.7 Å². The van der Waals surface area contributed by atoms with Crippen molar-refractivity contribution in [3.8, 4) is 0 Å². The molecule has 0 aromatic heterocycles. The van der Waals surface area contributed by atoms with Gasteiger partial charge in [-0.1, -0.05) is 55.0 Å². The maximum Gasteiger partial charge on any atom is 0.305 e. The molecule has 12 heteroatoms. The number of ether oxygens (including phenoxy) is 7. The highest BCUT2D eigenvalue weighted by Gasteiger charge is 2.67. The monoisotopic (exact) mass is 697 g/mol. The highest BCUT2D eigenvalue weighted by molar-refractivity contribution is 6.08. The first-order valence-corrected chi connectivity index (χ1v) is 17.7. The van der Waals surface area contributed by atoms with Gasteiger partial charge in [0.05, 0.1) is 110 Å². The van der Waals surface area contributed by atoms with Crippen molar-refractivity contribution in [1.82, 2.24) is 4.90 Å². The zero-order chi connectivity index (χ0) is 35.2. The van der Waals surface area contributed by atoms with E-state index in [1.807, 2.05) is 24.3 Å². The van der Waals surface area contributed by atoms with Crippen LogP contribution in [0, 0.1) is 11.8 Å². The normalized spacial score (nSPS) is 21.7. The fourth-order valence-corrected chi connectivity index (χ4v) is 7.67. The number of carbonyl (C=O) groups is 3. The number of amides is 2. The molecule has 1 fully saturated rings. The lowest BCUT2D eigenvalue weighted by atomic mass is 9.47. The van der Waals surface area contributed by atoms with Crippen LogP contribution in [0.5, 0.6) is 0 Å². The molecule has 274 valence electrons. The summed E-state index contributed by atoms with van der Waals surface area (Å²) in [6, 6.07) is 16.4. The van der Waals surface area contributed by atoms with Crippen molar-refractivity contribution in [2.45, 2.75) is 37.0 Å². The Morgan fingerprint density at radius 1 is 0.680 bits per heavy atom. The molecule has 2 unspecified atom stereocenters. The minimum atomic E-state index is -0.805. The molecule has 12 nitrogen and oxygen atoms in total. The number of carbonyl (C=O) groups excluding carboxylic acids is 3. The van der Waals surface area contributed by atoms with E-state index in [2.05, 4.69) is 24.3 Å². The van der Waals surface area contributed by atoms with Gasteiger partial charge >= 0.3 is 5.97 Å². The number of aliphatic hydroxyl groups excluding tert-OH is 1. The molecule has 1 saturated heterocycles. The Balaban J connectivity index is 1.11. The third kappa shape index (κ3) is 8.62. The third-order valence-electron chi connectivity index (χ3n) is 9.80. The van der Waals surface area contributed by atoms with Gasteiger partial charge in [-0.3, -0.25) is 19.3 Å². The number of likely N-dealkylation sites (tertiary alicyclic amines) is 1. The number of rotatable bonds is 25. The number of hydrogen-bond donors (Lipinski definition) is 1. The summed E-state index contributed by atoms with van der Waals surface area (Å²) in [6.07, 6.45) is 2.33. The van der Waals surface area contributed by atoms with E-state index in [-0.39, 0.29) is 36.9 Å². The van der Waals surface area contributed by atoms with Crippen molar-refractivity contribution < 1.29 is 52.6 Å². The number of aliphatic hydroxyl groups is 1. The van der Waals surface area contributed by atoms with E-state index in [4.69, 9.17) is 38.3 Å². The second-order valence-corrected chi connectivity index (χ2v) is 12.7. The van der Waals surface area contributed by atoms with Gasteiger partial charge in [0, 0.05) is 18.9 Å². The minimum Gasteiger partial charge on any atom is -0.469 e. The Bertz CT molecular complexity index is 1350. The van der Waals surface area contributed by atoms with E-state index in [9.17, 15) is 14.4 Å². The minimum absolute atomic E-state index is 0.00561. The molecule has 2 atom stereocenters. The third-order valence-corrected chi connectivity index (χ3v) is 9.80. The number of nitrogens with zero attached hydrogens (tertiary/aromatic N) is 1. The van der Waals surface area contributed by atoms with Gasteiger partial charge in [0.15, 0.2) is 0 Å². The highest BCUT2D eigenvalue weighted by atomic mass is 16.6. The molecule has 1 N–H and O–H groups in total. The van der Waals surface area contributed by atoms with Crippen LogP contribution in [0.25, 0.3) is 0 Å². The van der Waals surface area contributed by atoms with Crippen LogP contribution in [-0.2, 0) is 53.0 Å². The van der Waals surface area contributed by atoms with Gasteiger partial charge in [0.25, 0.3) is 0 Å². The van der Waals surface area contributed by atoms with E-state index in [1.54, 1.807) is 0 Å². The topological polar surface area (TPSA) is 139 Å². The molecule has 1 aliphatic heterocycles. The van der Waals surface area contributed by atoms with Crippen molar-refractivity contribution >= 4 is 17.8 Å². The molecule has 1 heterocycles. The van der Waals surface area contributed by atoms with Crippen LogP contribution in [0.4, 0.5) is 0 Å². The first kappa shape index (κ1) is 38.0. The van der Waals surface area contributed by atoms with E-state index in [0.29, 0.717) is 98.5 Å². The molecule has 3 aliphatic carbocycles. The fourth-order valence-electron chi connectivity index (χ4n) is 7.67. The van der Waals surface area contributed by atoms with Crippen molar-refractivity contribution in [2.75, 3.05) is 99.5 Å². The highest BCUT2D eigenvalue weighted by Crippen LogP contribution is 2.64. The van der Waals surface area contributed by atoms with Crippen molar-refractivity contribution in [3.05, 3.63) is 70.8 Å². The van der Waals surface area contributed by atoms with Gasteiger partial charge in [0.2, 0.25) is 11.8 Å². The summed E-state index contributed by atoms with van der Waals surface area (Å²) in [7, 11) is 1.37. The molecular formula is C38H51NO11. The maximum absolute atomic E-state index is 14.3. The lowest BCUT2D eigenvalue weighted by Crippen LogP contribution is -2.56. The summed E-state index contributed by atoms with van der Waals surface area (Å²) in [4.78, 5) is 41.4. The molecule has 2 aromatic carbocycles. The summed E-state index contributed by atoms with van der Waals surface area (Å²) < 4.78 is 38.4. The van der Waals surface area contributed by atoms with E-state index < -0.39 is 17.3 Å². The Morgan fingerprint density at radius 3 is 1.70 bits per heavy atom. The summed E-state index contributed by atoms with van der Waals surface area (Å²) in [5.41, 5.74) is 3.49. The largest absolute Gasteiger partial charge is 0.469 e. The first-order chi connectivity index (χ1) is 24.6. The SMILES string of the molecule is COC(=O)CCCCCN1C(=O)C2C3c4ccccc4C(COCCOCCOCCOCCOCCOCCO)(c4ccccc43)C2C1=O. The number of hydrogen-bond acceptors (Lipinski definition) is 11. The summed E-state index contributed by atoms with van der Waals surface area (Å²) >= 11 is 0. The Morgan fingerprint density at radius 2 is 1.18 bits per heavy atom. The smallest absolute Gasteiger partial charge is 0.305 e. The average molecular weight is 698 g/mol. The lowest BCUT2D eigenvalue weighted by Gasteiger charge is -2.54. The number of unbranched alkanes of at least 4 members (excludes halogenated alkanes) is 2. The van der Waals surface area contributed by atoms with Gasteiger partial charge in [-0.05, 0) is 35.1 Å². The fraction of sp³-hybridized carbons (Fsp3) is 0.605. The number of benzene rings is 2. The van der Waals surface area contributed by atoms with Crippen LogP contribution < -0.4 is 0 Å². The molecule has 0 spiro atoms. The lowest BCUT2D eigenvalue weighted by molar-refractivity contribution is -0.142. The van der Waals surface area contributed by atoms with Crippen molar-refractivity contribution in [2.24, 2.45) is 11.8 Å². The second kappa shape index (κ2) is 19.4. The van der Waals surface area contributed by atoms with Gasteiger partial charge in [-0.25, -0.2) is 0 Å². The summed E-state index contributed by atoms with van der Waals surface area (Å²) in [5.74, 6) is -1.76. The standard InChI is InChI=1S/C38H51NO11/c1-44-32(41)13-3-2-8-14-39-36(42)34-33-28-9-4-6-11-30(28)38(35(34)37(39)43,31-12-7-5-10-29(31)33)27-50-26-25-49-24-23-48-22-21-47-20-19-46-18-17-45-16-15-40/h4-7,9-12,33-35,40H,2-3,8,13-27H2,1H3. The van der Waals surface area contributed by atoms with Gasteiger partial charge < -0.3 is 38.3 Å². The second-order valence-electron chi connectivity index (χ2n) is 12.7. The van der Waals surface area contributed by atoms with Crippen molar-refractivity contribution in [3.63, 3.8) is 0 Å². The predicted molar refractivity (Wildman–Crippen MR) is 182 cm³/mol. The van der Waals surface area contributed by atoms with E-state index >= 15 is 0 Å². The Kier molecular flexibility index (Phi) is 14.7. The molecule has 50 heavy (non-hydrogen) atoms. The number of esters is 1. The van der Waals surface area contributed by atoms with Gasteiger partial charge in [0.1, 0.15) is 0 Å². The van der Waals surface area contributed by atoms with Crippen LogP contribution >= 0.6 is 0 Å². The summed E-state index contributed by atoms with van der Waals surface area (Å²) in [6.45, 7) is 5.16. The molecule has 0 radical (unpaired) electrons. The van der Waals surface area contributed by atoms with Crippen LogP contribution in [-0.4, -0.2) is 127 Å². The maximum atomic E-state index is 14.3. The predicted octanol–water partition coefficient (Wildman–Crippen LogP) is 2.86. The Hall–Kier alpha value is -3.23. The zero-order valence-corrected chi connectivity index (χ0v) is 29.1. The van der Waals surface area contributed by atoms with Crippen LogP contribution in [0.2, 0.25) is 0 Å². The number of imide groups is 1. The summed E-state index contributed by atoms with van der Waals surface area (Å²) in [5, 5.41) is 8.66. The van der Waals surface area contributed by atoms with Crippen LogP contribution in [0.1, 0.15) is 53.9 Å². The molecule has 2 amide bonds. The quantitative estimate of drug-likeness (QED) is 0.0931. The Labute approximate surface area is 294 Å². The van der Waals surface area contributed by atoms with Gasteiger partial charge in [-0.15, -0.1) is 0 Å². The average Bonchev–Trinajstić information content (AvgIpc) is 3.40. The molecule has 2 aromatic rings. The molecule has 0 saturated carbocycles. The molecule has 2 bridgehead atoms. The van der Waals surface area contributed by atoms with Crippen LogP contribution in [0.15, 0.2) is 48.5 Å². The molecular weight excluding hydrogens is 646 g/mol. The zero-order valence-electron chi connectivity index (χ0n) is 29.1.